The van der Waals surface area contributed by atoms with Gasteiger partial charge in [0.05, 0.1) is 30.2 Å². The molecule has 35 heavy (non-hydrogen) atoms. The summed E-state index contributed by atoms with van der Waals surface area (Å²) in [5.74, 6) is 0.902. The lowest BCUT2D eigenvalue weighted by Gasteiger charge is -2.30. The van der Waals surface area contributed by atoms with Gasteiger partial charge in [-0.25, -0.2) is 4.68 Å². The van der Waals surface area contributed by atoms with Crippen molar-refractivity contribution in [3.05, 3.63) is 71.0 Å². The molecule has 0 spiro atoms. The van der Waals surface area contributed by atoms with E-state index < -0.39 is 0 Å². The lowest BCUT2D eigenvalue weighted by Crippen LogP contribution is -2.35. The van der Waals surface area contributed by atoms with Gasteiger partial charge in [0.15, 0.2) is 0 Å². The Morgan fingerprint density at radius 1 is 1.03 bits per heavy atom. The molecule has 1 N–H and O–H groups in total. The van der Waals surface area contributed by atoms with E-state index in [2.05, 4.69) is 72.9 Å². The molecular formula is C30H34N4O. The van der Waals surface area contributed by atoms with E-state index in [0.717, 1.165) is 28.2 Å². The number of nitrogens with one attached hydrogen (secondary N) is 1. The van der Waals surface area contributed by atoms with Gasteiger partial charge in [0.1, 0.15) is 0 Å². The highest BCUT2D eigenvalue weighted by molar-refractivity contribution is 5.86. The Morgan fingerprint density at radius 2 is 1.80 bits per heavy atom. The average Bonchev–Trinajstić information content (AvgIpc) is 3.57. The summed E-state index contributed by atoms with van der Waals surface area (Å²) in [4.78, 5) is 18.9. The average molecular weight is 467 g/mol. The van der Waals surface area contributed by atoms with Crippen LogP contribution < -0.4 is 0 Å². The molecule has 0 bridgehead atoms. The second-order valence-electron chi connectivity index (χ2n) is 10.6. The van der Waals surface area contributed by atoms with Crippen molar-refractivity contribution in [2.45, 2.75) is 66.0 Å². The number of aryl methyl sites for hydroxylation is 2. The predicted octanol–water partition coefficient (Wildman–Crippen LogP) is 6.70. The zero-order valence-electron chi connectivity index (χ0n) is 21.0. The smallest absolute Gasteiger partial charge is 0.226 e. The zero-order chi connectivity index (χ0) is 24.1. The second-order valence-corrected chi connectivity index (χ2v) is 10.6. The van der Waals surface area contributed by atoms with E-state index in [1.54, 1.807) is 0 Å². The number of carbonyl (C=O) groups is 1. The van der Waals surface area contributed by atoms with Crippen molar-refractivity contribution in [1.82, 2.24) is 19.7 Å². The number of rotatable bonds is 4. The maximum absolute atomic E-state index is 13.5. The first kappa shape index (κ1) is 22.1. The van der Waals surface area contributed by atoms with E-state index in [4.69, 9.17) is 5.10 Å². The molecule has 0 saturated heterocycles. The van der Waals surface area contributed by atoms with Gasteiger partial charge in [-0.05, 0) is 61.9 Å². The van der Waals surface area contributed by atoms with Crippen LogP contribution in [0.3, 0.4) is 0 Å². The number of amides is 1. The van der Waals surface area contributed by atoms with Crippen LogP contribution >= 0.6 is 0 Å². The standard InChI is InChI=1S/C30H34N4O/c1-19-8-7-9-20(2)28(19)34-29(24-12-13-26-23(16-24)14-15-31-26)25-17-33(18-27(25)32-34)30(35)21(3)22-10-5-4-6-11-22/h7-9,12-16,21-22,31H,4-6,10-11,17-18H2,1-3H3. The molecule has 1 aliphatic carbocycles. The van der Waals surface area contributed by atoms with Gasteiger partial charge in [0.2, 0.25) is 5.91 Å². The van der Waals surface area contributed by atoms with E-state index in [1.165, 1.54) is 54.2 Å². The molecule has 2 aromatic heterocycles. The second kappa shape index (κ2) is 8.71. The zero-order valence-corrected chi connectivity index (χ0v) is 21.0. The molecule has 4 aromatic rings. The summed E-state index contributed by atoms with van der Waals surface area (Å²) in [6, 6.07) is 15.1. The van der Waals surface area contributed by atoms with Gasteiger partial charge < -0.3 is 9.88 Å². The van der Waals surface area contributed by atoms with Gasteiger partial charge in [-0.3, -0.25) is 4.79 Å². The summed E-state index contributed by atoms with van der Waals surface area (Å²) < 4.78 is 2.13. The Morgan fingerprint density at radius 3 is 2.57 bits per heavy atom. The topological polar surface area (TPSA) is 53.9 Å². The molecule has 2 aromatic carbocycles. The number of hydrogen-bond acceptors (Lipinski definition) is 2. The fourth-order valence-electron chi connectivity index (χ4n) is 6.29. The number of para-hydroxylation sites is 1. The first-order valence-electron chi connectivity index (χ1n) is 13.0. The summed E-state index contributed by atoms with van der Waals surface area (Å²) in [6.07, 6.45) is 8.19. The van der Waals surface area contributed by atoms with E-state index in [0.29, 0.717) is 24.9 Å². The van der Waals surface area contributed by atoms with E-state index >= 15 is 0 Å². The van der Waals surface area contributed by atoms with Crippen LogP contribution in [-0.2, 0) is 17.9 Å². The molecule has 5 nitrogen and oxygen atoms in total. The normalized spacial score (nSPS) is 17.2. The minimum absolute atomic E-state index is 0.0877. The number of carbonyl (C=O) groups excluding carboxylic acids is 1. The Labute approximate surface area is 207 Å². The number of nitrogens with zero attached hydrogens (tertiary/aromatic N) is 3. The molecule has 3 heterocycles. The number of H-pyrrole nitrogens is 1. The van der Waals surface area contributed by atoms with Gasteiger partial charge in [-0.15, -0.1) is 0 Å². The van der Waals surface area contributed by atoms with Crippen molar-refractivity contribution in [3.63, 3.8) is 0 Å². The number of aromatic amines is 1. The molecule has 1 amide bonds. The first-order chi connectivity index (χ1) is 17.0. The summed E-state index contributed by atoms with van der Waals surface area (Å²) in [7, 11) is 0. The van der Waals surface area contributed by atoms with Crippen LogP contribution in [0.5, 0.6) is 0 Å². The summed E-state index contributed by atoms with van der Waals surface area (Å²) in [6.45, 7) is 7.68. The third kappa shape index (κ3) is 3.78. The Bertz CT molecular complexity index is 1390. The van der Waals surface area contributed by atoms with Crippen molar-refractivity contribution in [2.24, 2.45) is 11.8 Å². The molecule has 1 unspecified atom stereocenters. The molecule has 5 heteroatoms. The molecule has 2 aliphatic rings. The molecule has 6 rings (SSSR count). The van der Waals surface area contributed by atoms with Crippen LogP contribution in [0.25, 0.3) is 27.8 Å². The van der Waals surface area contributed by atoms with Crippen LogP contribution in [0.1, 0.15) is 61.4 Å². The number of hydrogen-bond donors (Lipinski definition) is 1. The van der Waals surface area contributed by atoms with Gasteiger partial charge in [-0.1, -0.05) is 50.5 Å². The van der Waals surface area contributed by atoms with Crippen molar-refractivity contribution < 1.29 is 4.79 Å². The van der Waals surface area contributed by atoms with Crippen LogP contribution in [0.15, 0.2) is 48.7 Å². The van der Waals surface area contributed by atoms with Crippen molar-refractivity contribution >= 4 is 16.8 Å². The quantitative estimate of drug-likeness (QED) is 0.364. The lowest BCUT2D eigenvalue weighted by atomic mass is 9.80. The number of fused-ring (bicyclic) bond motifs is 2. The molecule has 1 fully saturated rings. The van der Waals surface area contributed by atoms with Crippen LogP contribution in [0, 0.1) is 25.7 Å². The van der Waals surface area contributed by atoms with Crippen molar-refractivity contribution in [2.75, 3.05) is 0 Å². The number of aromatic nitrogens is 3. The molecule has 180 valence electrons. The van der Waals surface area contributed by atoms with Gasteiger partial charge in [-0.2, -0.15) is 5.10 Å². The molecular weight excluding hydrogens is 432 g/mol. The molecule has 1 aliphatic heterocycles. The van der Waals surface area contributed by atoms with Crippen molar-refractivity contribution in [3.8, 4) is 16.9 Å². The fourth-order valence-corrected chi connectivity index (χ4v) is 6.29. The predicted molar refractivity (Wildman–Crippen MR) is 140 cm³/mol. The minimum Gasteiger partial charge on any atom is -0.361 e. The van der Waals surface area contributed by atoms with E-state index in [-0.39, 0.29) is 5.92 Å². The lowest BCUT2D eigenvalue weighted by molar-refractivity contribution is -0.137. The van der Waals surface area contributed by atoms with Gasteiger partial charge in [0, 0.05) is 34.1 Å². The van der Waals surface area contributed by atoms with E-state index in [1.807, 2.05) is 11.1 Å². The minimum atomic E-state index is 0.0877. The highest BCUT2D eigenvalue weighted by atomic mass is 16.2. The third-order valence-electron chi connectivity index (χ3n) is 8.29. The Kier molecular flexibility index (Phi) is 5.51. The number of benzene rings is 2. The highest BCUT2D eigenvalue weighted by Gasteiger charge is 2.35. The summed E-state index contributed by atoms with van der Waals surface area (Å²) in [5.41, 5.74) is 9.14. The van der Waals surface area contributed by atoms with Crippen LogP contribution in [-0.4, -0.2) is 25.6 Å². The van der Waals surface area contributed by atoms with Crippen LogP contribution in [0.2, 0.25) is 0 Å². The molecule has 1 saturated carbocycles. The summed E-state index contributed by atoms with van der Waals surface area (Å²) in [5, 5.41) is 6.33. The summed E-state index contributed by atoms with van der Waals surface area (Å²) >= 11 is 0. The maximum Gasteiger partial charge on any atom is 0.226 e. The third-order valence-corrected chi connectivity index (χ3v) is 8.29. The first-order valence-corrected chi connectivity index (χ1v) is 13.0. The van der Waals surface area contributed by atoms with E-state index in [9.17, 15) is 4.79 Å². The SMILES string of the molecule is Cc1cccc(C)c1-n1nc2c(c1-c1ccc3[nH]ccc3c1)CN(C(=O)C(C)C1CCCCC1)C2. The monoisotopic (exact) mass is 466 g/mol. The molecule has 1 atom stereocenters. The Balaban J connectivity index is 1.41. The van der Waals surface area contributed by atoms with Crippen LogP contribution in [0.4, 0.5) is 0 Å². The molecule has 0 radical (unpaired) electrons. The Hall–Kier alpha value is -3.34. The largest absolute Gasteiger partial charge is 0.361 e. The fraction of sp³-hybridized carbons (Fsp3) is 0.400. The maximum atomic E-state index is 13.5. The van der Waals surface area contributed by atoms with Crippen molar-refractivity contribution in [1.29, 1.82) is 0 Å². The van der Waals surface area contributed by atoms with Gasteiger partial charge >= 0.3 is 0 Å². The van der Waals surface area contributed by atoms with Gasteiger partial charge in [0.25, 0.3) is 0 Å². The highest BCUT2D eigenvalue weighted by Crippen LogP contribution is 2.39.